The molecule has 0 fully saturated rings. The summed E-state index contributed by atoms with van der Waals surface area (Å²) in [7, 11) is 0. The summed E-state index contributed by atoms with van der Waals surface area (Å²) < 4.78 is 0. The Kier molecular flexibility index (Phi) is 3.19. The molecule has 4 nitrogen and oxygen atoms in total. The van der Waals surface area contributed by atoms with Crippen LogP contribution in [-0.4, -0.2) is 16.6 Å². The molecule has 0 aliphatic heterocycles. The highest BCUT2D eigenvalue weighted by Gasteiger charge is 2.16. The van der Waals surface area contributed by atoms with Crippen molar-refractivity contribution in [3.63, 3.8) is 0 Å². The van der Waals surface area contributed by atoms with Crippen molar-refractivity contribution < 1.29 is 14.6 Å². The van der Waals surface area contributed by atoms with Gasteiger partial charge >= 0.3 is 5.97 Å². The van der Waals surface area contributed by atoms with Gasteiger partial charge in [0, 0.05) is 6.20 Å². The number of hydrogen-bond acceptors (Lipinski definition) is 4. The lowest BCUT2D eigenvalue weighted by Gasteiger charge is -2.16. The van der Waals surface area contributed by atoms with Gasteiger partial charge in [0.25, 0.3) is 0 Å². The molecule has 0 saturated heterocycles. The Morgan fingerprint density at radius 3 is 2.57 bits per heavy atom. The number of hydrogen-bond donors (Lipinski definition) is 0. The maximum Gasteiger partial charge on any atom is 0.391 e. The summed E-state index contributed by atoms with van der Waals surface area (Å²) in [4.78, 5) is 24.6. The monoisotopic (exact) mass is 195 g/mol. The van der Waals surface area contributed by atoms with Gasteiger partial charge in [-0.3, -0.25) is 4.89 Å². The van der Waals surface area contributed by atoms with Crippen molar-refractivity contribution in [1.82, 2.24) is 4.98 Å². The molecule has 0 spiro atoms. The van der Waals surface area contributed by atoms with E-state index in [0.717, 1.165) is 0 Å². The number of rotatable bonds is 2. The van der Waals surface area contributed by atoms with Gasteiger partial charge in [-0.25, -0.2) is 9.78 Å². The third kappa shape index (κ3) is 3.53. The Morgan fingerprint density at radius 1 is 1.36 bits per heavy atom. The van der Waals surface area contributed by atoms with E-state index in [1.165, 1.54) is 6.20 Å². The number of carbonyl (C=O) groups is 1. The second kappa shape index (κ2) is 4.19. The van der Waals surface area contributed by atoms with Crippen molar-refractivity contribution in [2.75, 3.05) is 0 Å². The second-order valence-corrected chi connectivity index (χ2v) is 3.78. The first-order valence-electron chi connectivity index (χ1n) is 4.30. The van der Waals surface area contributed by atoms with E-state index in [0.29, 0.717) is 0 Å². The van der Waals surface area contributed by atoms with E-state index in [-0.39, 0.29) is 5.69 Å². The fourth-order valence-electron chi connectivity index (χ4n) is 0.689. The molecule has 0 aliphatic rings. The van der Waals surface area contributed by atoms with Crippen molar-refractivity contribution in [2.24, 2.45) is 0 Å². The zero-order chi connectivity index (χ0) is 10.6. The predicted molar refractivity (Wildman–Crippen MR) is 50.5 cm³/mol. The summed E-state index contributed by atoms with van der Waals surface area (Å²) >= 11 is 0. The lowest BCUT2D eigenvalue weighted by molar-refractivity contribution is -0.301. The van der Waals surface area contributed by atoms with Crippen LogP contribution < -0.4 is 0 Å². The number of aromatic nitrogens is 1. The van der Waals surface area contributed by atoms with Crippen molar-refractivity contribution >= 4 is 5.97 Å². The molecule has 1 aromatic heterocycles. The van der Waals surface area contributed by atoms with E-state index in [9.17, 15) is 4.79 Å². The Labute approximate surface area is 82.8 Å². The van der Waals surface area contributed by atoms with Crippen LogP contribution in [0.2, 0.25) is 0 Å². The van der Waals surface area contributed by atoms with Crippen LogP contribution in [0.1, 0.15) is 31.3 Å². The fourth-order valence-corrected chi connectivity index (χ4v) is 0.689. The Hall–Kier alpha value is -1.42. The van der Waals surface area contributed by atoms with Crippen molar-refractivity contribution in [1.29, 1.82) is 0 Å². The second-order valence-electron chi connectivity index (χ2n) is 3.78. The van der Waals surface area contributed by atoms with Gasteiger partial charge in [-0.1, -0.05) is 6.07 Å². The van der Waals surface area contributed by atoms with E-state index in [1.807, 2.05) is 0 Å². The van der Waals surface area contributed by atoms with Gasteiger partial charge in [0.15, 0.2) is 5.69 Å². The van der Waals surface area contributed by atoms with Gasteiger partial charge in [0.2, 0.25) is 0 Å². The topological polar surface area (TPSA) is 48.4 Å². The molecular weight excluding hydrogens is 182 g/mol. The molecule has 0 aliphatic carbocycles. The van der Waals surface area contributed by atoms with Gasteiger partial charge in [-0.05, 0) is 32.9 Å². The maximum absolute atomic E-state index is 11.3. The molecule has 0 saturated carbocycles. The molecule has 0 radical (unpaired) electrons. The van der Waals surface area contributed by atoms with Gasteiger partial charge in [0.05, 0.1) is 0 Å². The minimum Gasteiger partial charge on any atom is -0.291 e. The smallest absolute Gasteiger partial charge is 0.291 e. The molecule has 1 aromatic rings. The zero-order valence-electron chi connectivity index (χ0n) is 8.48. The van der Waals surface area contributed by atoms with Crippen molar-refractivity contribution in [2.45, 2.75) is 26.4 Å². The minimum absolute atomic E-state index is 0.233. The Bertz CT molecular complexity index is 303. The molecule has 14 heavy (non-hydrogen) atoms. The van der Waals surface area contributed by atoms with Gasteiger partial charge in [-0.15, -0.1) is 0 Å². The van der Waals surface area contributed by atoms with Gasteiger partial charge in [-0.2, -0.15) is 4.89 Å². The van der Waals surface area contributed by atoms with E-state index >= 15 is 0 Å². The molecule has 4 heteroatoms. The van der Waals surface area contributed by atoms with Crippen LogP contribution in [-0.2, 0) is 9.78 Å². The molecular formula is C10H13NO3. The highest BCUT2D eigenvalue weighted by Crippen LogP contribution is 2.08. The Balaban J connectivity index is 2.52. The highest BCUT2D eigenvalue weighted by atomic mass is 17.2. The van der Waals surface area contributed by atoms with E-state index in [1.54, 1.807) is 39.0 Å². The van der Waals surface area contributed by atoms with Crippen LogP contribution in [0.4, 0.5) is 0 Å². The molecule has 0 amide bonds. The first-order valence-corrected chi connectivity index (χ1v) is 4.30. The summed E-state index contributed by atoms with van der Waals surface area (Å²) in [6.45, 7) is 5.37. The lowest BCUT2D eigenvalue weighted by atomic mass is 10.2. The molecule has 0 bridgehead atoms. The molecule has 0 atom stereocenters. The average Bonchev–Trinajstić information content (AvgIpc) is 2.14. The van der Waals surface area contributed by atoms with Gasteiger partial charge < -0.3 is 0 Å². The molecule has 76 valence electrons. The van der Waals surface area contributed by atoms with Crippen LogP contribution >= 0.6 is 0 Å². The average molecular weight is 195 g/mol. The molecule has 1 rings (SSSR count). The predicted octanol–water partition coefficient (Wildman–Crippen LogP) is 1.97. The SMILES string of the molecule is CC(C)(C)OOC(=O)c1ccccn1. The van der Waals surface area contributed by atoms with Crippen LogP contribution in [0, 0.1) is 0 Å². The summed E-state index contributed by atoms with van der Waals surface area (Å²) in [5, 5.41) is 0. The lowest BCUT2D eigenvalue weighted by Crippen LogP contribution is -2.22. The summed E-state index contributed by atoms with van der Waals surface area (Å²) in [6.07, 6.45) is 1.52. The molecule has 0 unspecified atom stereocenters. The summed E-state index contributed by atoms with van der Waals surface area (Å²) in [5.74, 6) is -0.583. The maximum atomic E-state index is 11.3. The van der Waals surface area contributed by atoms with E-state index in [4.69, 9.17) is 4.89 Å². The highest BCUT2D eigenvalue weighted by molar-refractivity contribution is 5.86. The van der Waals surface area contributed by atoms with Crippen LogP contribution in [0.15, 0.2) is 24.4 Å². The zero-order valence-corrected chi connectivity index (χ0v) is 8.48. The fraction of sp³-hybridized carbons (Fsp3) is 0.400. The largest absolute Gasteiger partial charge is 0.391 e. The quantitative estimate of drug-likeness (QED) is 0.534. The molecule has 1 heterocycles. The number of nitrogens with zero attached hydrogens (tertiary/aromatic N) is 1. The van der Waals surface area contributed by atoms with E-state index < -0.39 is 11.6 Å². The van der Waals surface area contributed by atoms with E-state index in [2.05, 4.69) is 9.87 Å². The number of carbonyl (C=O) groups excluding carboxylic acids is 1. The van der Waals surface area contributed by atoms with Gasteiger partial charge in [0.1, 0.15) is 5.60 Å². The van der Waals surface area contributed by atoms with Crippen molar-refractivity contribution in [3.05, 3.63) is 30.1 Å². The minimum atomic E-state index is -0.583. The Morgan fingerprint density at radius 2 is 2.07 bits per heavy atom. The standard InChI is InChI=1S/C10H13NO3/c1-10(2,3)14-13-9(12)8-6-4-5-7-11-8/h4-7H,1-3H3. The number of pyridine rings is 1. The first-order chi connectivity index (χ1) is 6.49. The third-order valence-electron chi connectivity index (χ3n) is 1.24. The molecule has 0 aromatic carbocycles. The van der Waals surface area contributed by atoms with Crippen LogP contribution in [0.5, 0.6) is 0 Å². The normalized spacial score (nSPS) is 11.1. The molecule has 0 N–H and O–H groups in total. The van der Waals surface area contributed by atoms with Crippen LogP contribution in [0.3, 0.4) is 0 Å². The van der Waals surface area contributed by atoms with Crippen LogP contribution in [0.25, 0.3) is 0 Å². The van der Waals surface area contributed by atoms with Crippen molar-refractivity contribution in [3.8, 4) is 0 Å². The third-order valence-corrected chi connectivity index (χ3v) is 1.24. The summed E-state index contributed by atoms with van der Waals surface area (Å²) in [6, 6.07) is 5.00. The first kappa shape index (κ1) is 10.7. The summed E-state index contributed by atoms with van der Waals surface area (Å²) in [5.41, 5.74) is -0.276.